The second-order valence-corrected chi connectivity index (χ2v) is 5.64. The van der Waals surface area contributed by atoms with E-state index in [9.17, 15) is 18.0 Å². The maximum Gasteiger partial charge on any atom is 0.416 e. The minimum absolute atomic E-state index is 0.337. The Kier molecular flexibility index (Phi) is 4.77. The largest absolute Gasteiger partial charge is 0.416 e. The Hall–Kier alpha value is -3.13. The van der Waals surface area contributed by atoms with Gasteiger partial charge in [-0.1, -0.05) is 24.3 Å². The molecule has 0 radical (unpaired) electrons. The lowest BCUT2D eigenvalue weighted by molar-refractivity contribution is -0.137. The third kappa shape index (κ3) is 4.09. The number of hydrogen-bond donors (Lipinski definition) is 3. The van der Waals surface area contributed by atoms with Crippen LogP contribution in [0.1, 0.15) is 22.5 Å². The van der Waals surface area contributed by atoms with E-state index in [1.807, 2.05) is 12.1 Å². The Morgan fingerprint density at radius 1 is 1.19 bits per heavy atom. The van der Waals surface area contributed by atoms with E-state index in [4.69, 9.17) is 5.21 Å². The average Bonchev–Trinajstić information content (AvgIpc) is 3.01. The minimum Gasteiger partial charge on any atom is -0.342 e. The lowest BCUT2D eigenvalue weighted by atomic mass is 10.1. The summed E-state index contributed by atoms with van der Waals surface area (Å²) in [5.41, 5.74) is 3.26. The number of rotatable bonds is 4. The van der Waals surface area contributed by atoms with Gasteiger partial charge in [-0.2, -0.15) is 13.2 Å². The van der Waals surface area contributed by atoms with E-state index in [0.29, 0.717) is 23.3 Å². The van der Waals surface area contributed by atoms with Gasteiger partial charge in [0.05, 0.1) is 16.6 Å². The number of alkyl halides is 3. The Balaban J connectivity index is 1.76. The van der Waals surface area contributed by atoms with Gasteiger partial charge < -0.3 is 4.98 Å². The Labute approximate surface area is 146 Å². The summed E-state index contributed by atoms with van der Waals surface area (Å²) in [6, 6.07) is 10.6. The molecule has 3 rings (SSSR count). The van der Waals surface area contributed by atoms with E-state index in [1.165, 1.54) is 23.7 Å². The van der Waals surface area contributed by atoms with E-state index >= 15 is 0 Å². The Morgan fingerprint density at radius 2 is 1.92 bits per heavy atom. The van der Waals surface area contributed by atoms with Crippen molar-refractivity contribution in [1.82, 2.24) is 15.4 Å². The van der Waals surface area contributed by atoms with E-state index in [0.717, 1.165) is 23.3 Å². The van der Waals surface area contributed by atoms with Gasteiger partial charge in [-0.05, 0) is 35.4 Å². The molecule has 1 aromatic heterocycles. The summed E-state index contributed by atoms with van der Waals surface area (Å²) in [5.74, 6) is -0.0724. The maximum absolute atomic E-state index is 12.8. The van der Waals surface area contributed by atoms with Crippen LogP contribution in [0.4, 0.5) is 13.2 Å². The number of carbonyl (C=O) groups is 1. The molecule has 2 aromatic carbocycles. The van der Waals surface area contributed by atoms with Crippen LogP contribution in [0.2, 0.25) is 0 Å². The highest BCUT2D eigenvalue weighted by molar-refractivity contribution is 5.90. The fraction of sp³-hybridized carbons (Fsp3) is 0.111. The fourth-order valence-corrected chi connectivity index (χ4v) is 2.47. The van der Waals surface area contributed by atoms with Crippen molar-refractivity contribution in [2.24, 2.45) is 0 Å². The molecule has 0 aliphatic rings. The summed E-state index contributed by atoms with van der Waals surface area (Å²) in [7, 11) is 0. The molecule has 0 aliphatic heterocycles. The van der Waals surface area contributed by atoms with Gasteiger partial charge in [0.2, 0.25) is 0 Å². The number of imidazole rings is 1. The van der Waals surface area contributed by atoms with Gasteiger partial charge in [-0.15, -0.1) is 0 Å². The van der Waals surface area contributed by atoms with Gasteiger partial charge in [0.15, 0.2) is 0 Å². The molecule has 1 heterocycles. The van der Waals surface area contributed by atoms with Crippen molar-refractivity contribution in [2.45, 2.75) is 12.6 Å². The van der Waals surface area contributed by atoms with Gasteiger partial charge in [0.25, 0.3) is 5.91 Å². The van der Waals surface area contributed by atoms with Crippen molar-refractivity contribution >= 4 is 23.0 Å². The third-order valence-corrected chi connectivity index (χ3v) is 3.75. The molecule has 0 spiro atoms. The number of aromatic nitrogens is 2. The second kappa shape index (κ2) is 7.01. The summed E-state index contributed by atoms with van der Waals surface area (Å²) in [5, 5.41) is 8.42. The van der Waals surface area contributed by atoms with Crippen LogP contribution in [-0.2, 0) is 17.4 Å². The number of aromatic amines is 1. The molecule has 8 heteroatoms. The smallest absolute Gasteiger partial charge is 0.342 e. The van der Waals surface area contributed by atoms with E-state index in [-0.39, 0.29) is 0 Å². The summed E-state index contributed by atoms with van der Waals surface area (Å²) in [6.07, 6.45) is -1.24. The Morgan fingerprint density at radius 3 is 2.58 bits per heavy atom. The molecule has 3 N–H and O–H groups in total. The first-order valence-corrected chi connectivity index (χ1v) is 7.62. The van der Waals surface area contributed by atoms with Crippen LogP contribution in [-0.4, -0.2) is 21.1 Å². The molecule has 0 bridgehead atoms. The van der Waals surface area contributed by atoms with Crippen LogP contribution < -0.4 is 5.48 Å². The summed E-state index contributed by atoms with van der Waals surface area (Å²) < 4.78 is 38.3. The van der Waals surface area contributed by atoms with Gasteiger partial charge in [0, 0.05) is 12.5 Å². The second-order valence-electron chi connectivity index (χ2n) is 5.64. The maximum atomic E-state index is 12.8. The SMILES string of the molecule is O=C(C=Cc1ccc(Cc2nc3ccc(C(F)(F)F)cc3[nH]2)cc1)NO. The van der Waals surface area contributed by atoms with Crippen molar-refractivity contribution in [3.63, 3.8) is 0 Å². The standard InChI is InChI=1S/C18H14F3N3O2/c19-18(20,21)13-6-7-14-15(10-13)23-16(22-14)9-12-3-1-11(2-4-12)5-8-17(25)24-26/h1-8,10,26H,9H2,(H,22,23)(H,24,25). The Bertz CT molecular complexity index is 960. The highest BCUT2D eigenvalue weighted by atomic mass is 19.4. The molecule has 0 unspecified atom stereocenters. The van der Waals surface area contributed by atoms with Gasteiger partial charge in [-0.25, -0.2) is 10.5 Å². The fourth-order valence-electron chi connectivity index (χ4n) is 2.47. The summed E-state index contributed by atoms with van der Waals surface area (Å²) >= 11 is 0. The predicted octanol–water partition coefficient (Wildman–Crippen LogP) is 3.69. The van der Waals surface area contributed by atoms with Gasteiger partial charge in [-0.3, -0.25) is 10.0 Å². The summed E-state index contributed by atoms with van der Waals surface area (Å²) in [6.45, 7) is 0. The van der Waals surface area contributed by atoms with Crippen LogP contribution in [0, 0.1) is 0 Å². The molecule has 5 nitrogen and oxygen atoms in total. The number of hydroxylamine groups is 1. The lowest BCUT2D eigenvalue weighted by Crippen LogP contribution is -2.14. The van der Waals surface area contributed by atoms with Crippen molar-refractivity contribution in [2.75, 3.05) is 0 Å². The molecule has 1 amide bonds. The zero-order valence-electron chi connectivity index (χ0n) is 13.3. The lowest BCUT2D eigenvalue weighted by Gasteiger charge is -2.05. The van der Waals surface area contributed by atoms with E-state index in [2.05, 4.69) is 9.97 Å². The molecule has 134 valence electrons. The minimum atomic E-state index is -4.39. The monoisotopic (exact) mass is 361 g/mol. The molecule has 0 atom stereocenters. The normalized spacial score (nSPS) is 12.0. The highest BCUT2D eigenvalue weighted by Crippen LogP contribution is 2.31. The number of carbonyl (C=O) groups excluding carboxylic acids is 1. The highest BCUT2D eigenvalue weighted by Gasteiger charge is 2.30. The van der Waals surface area contributed by atoms with Crippen LogP contribution >= 0.6 is 0 Å². The summed E-state index contributed by atoms with van der Waals surface area (Å²) in [4.78, 5) is 18.2. The molecule has 0 saturated carbocycles. The number of halogens is 3. The van der Waals surface area contributed by atoms with E-state index in [1.54, 1.807) is 12.1 Å². The number of nitrogens with one attached hydrogen (secondary N) is 2. The third-order valence-electron chi connectivity index (χ3n) is 3.75. The van der Waals surface area contributed by atoms with Crippen LogP contribution in [0.5, 0.6) is 0 Å². The number of amides is 1. The number of nitrogens with zero attached hydrogens (tertiary/aromatic N) is 1. The van der Waals surface area contributed by atoms with Crippen LogP contribution in [0.3, 0.4) is 0 Å². The average molecular weight is 361 g/mol. The molecule has 0 saturated heterocycles. The van der Waals surface area contributed by atoms with Crippen molar-refractivity contribution in [3.8, 4) is 0 Å². The zero-order valence-corrected chi connectivity index (χ0v) is 13.3. The van der Waals surface area contributed by atoms with Crippen molar-refractivity contribution in [1.29, 1.82) is 0 Å². The topological polar surface area (TPSA) is 78.0 Å². The van der Waals surface area contributed by atoms with E-state index < -0.39 is 17.6 Å². The molecular formula is C18H14F3N3O2. The molecular weight excluding hydrogens is 347 g/mol. The van der Waals surface area contributed by atoms with Gasteiger partial charge in [0.1, 0.15) is 5.82 Å². The van der Waals surface area contributed by atoms with Gasteiger partial charge >= 0.3 is 6.18 Å². The first-order valence-electron chi connectivity index (χ1n) is 7.62. The molecule has 3 aromatic rings. The van der Waals surface area contributed by atoms with Crippen LogP contribution in [0.25, 0.3) is 17.1 Å². The quantitative estimate of drug-likeness (QED) is 0.377. The molecule has 26 heavy (non-hydrogen) atoms. The van der Waals surface area contributed by atoms with Crippen molar-refractivity contribution < 1.29 is 23.2 Å². The molecule has 0 aliphatic carbocycles. The first kappa shape index (κ1) is 17.7. The van der Waals surface area contributed by atoms with Crippen LogP contribution in [0.15, 0.2) is 48.5 Å². The number of hydrogen-bond acceptors (Lipinski definition) is 3. The predicted molar refractivity (Wildman–Crippen MR) is 89.3 cm³/mol. The molecule has 0 fully saturated rings. The first-order chi connectivity index (χ1) is 12.3. The number of fused-ring (bicyclic) bond motifs is 1. The van der Waals surface area contributed by atoms with Crippen molar-refractivity contribution in [3.05, 3.63) is 71.1 Å². The number of benzene rings is 2. The number of H-pyrrole nitrogens is 1. The zero-order chi connectivity index (χ0) is 18.7.